The zero-order valence-corrected chi connectivity index (χ0v) is 16.1. The second kappa shape index (κ2) is 8.02. The van der Waals surface area contributed by atoms with Crippen LogP contribution < -0.4 is 0 Å². The van der Waals surface area contributed by atoms with Crippen LogP contribution in [0.25, 0.3) is 0 Å². The molecule has 0 unspecified atom stereocenters. The Kier molecular flexibility index (Phi) is 5.72. The molecule has 0 spiro atoms. The Morgan fingerprint density at radius 3 is 2.52 bits per heavy atom. The standard InChI is InChI=1S/C19H16ClNO5S/c1-2-3-8-21-17(23)12-5-4-11(9-13(12)18(21)24)19(25)26-10-14(22)15-6-7-16(20)27-15/h4-7,9H,2-3,8,10H2,1H3. The molecule has 1 aliphatic heterocycles. The minimum Gasteiger partial charge on any atom is -0.454 e. The molecule has 2 amide bonds. The summed E-state index contributed by atoms with van der Waals surface area (Å²) in [7, 11) is 0. The van der Waals surface area contributed by atoms with Gasteiger partial charge in [-0.15, -0.1) is 11.3 Å². The first-order valence-electron chi connectivity index (χ1n) is 8.38. The zero-order chi connectivity index (χ0) is 19.6. The number of Topliss-reactive ketones (excluding diaryl/α,β-unsaturated/α-hetero) is 1. The number of hydrogen-bond donors (Lipinski definition) is 0. The minimum absolute atomic E-state index is 0.115. The molecule has 8 heteroatoms. The first kappa shape index (κ1) is 19.3. The van der Waals surface area contributed by atoms with Gasteiger partial charge >= 0.3 is 5.97 Å². The van der Waals surface area contributed by atoms with Crippen LogP contribution >= 0.6 is 22.9 Å². The Labute approximate surface area is 164 Å². The fourth-order valence-electron chi connectivity index (χ4n) is 2.69. The fourth-order valence-corrected chi connectivity index (χ4v) is 3.65. The summed E-state index contributed by atoms with van der Waals surface area (Å²) in [6.45, 7) is 1.89. The quantitative estimate of drug-likeness (QED) is 0.397. The number of ether oxygens (including phenoxy) is 1. The van der Waals surface area contributed by atoms with Gasteiger partial charge in [0.2, 0.25) is 5.78 Å². The molecular weight excluding hydrogens is 390 g/mol. The number of imide groups is 1. The number of amides is 2. The maximum absolute atomic E-state index is 12.4. The third kappa shape index (κ3) is 3.94. The van der Waals surface area contributed by atoms with Gasteiger partial charge in [-0.1, -0.05) is 24.9 Å². The van der Waals surface area contributed by atoms with Gasteiger partial charge in [0.05, 0.1) is 25.9 Å². The molecular formula is C19H16ClNO5S. The molecule has 0 saturated carbocycles. The zero-order valence-electron chi connectivity index (χ0n) is 14.5. The Hall–Kier alpha value is -2.51. The van der Waals surface area contributed by atoms with Gasteiger partial charge < -0.3 is 4.74 Å². The molecule has 2 heterocycles. The number of rotatable bonds is 7. The lowest BCUT2D eigenvalue weighted by molar-refractivity contribution is 0.0475. The smallest absolute Gasteiger partial charge is 0.338 e. The number of hydrogen-bond acceptors (Lipinski definition) is 6. The van der Waals surface area contributed by atoms with E-state index in [1.165, 1.54) is 23.1 Å². The minimum atomic E-state index is -0.735. The van der Waals surface area contributed by atoms with E-state index in [2.05, 4.69) is 0 Å². The highest BCUT2D eigenvalue weighted by Gasteiger charge is 2.35. The predicted octanol–water partition coefficient (Wildman–Crippen LogP) is 3.84. The lowest BCUT2D eigenvalue weighted by Gasteiger charge is -2.12. The number of nitrogens with zero attached hydrogens (tertiary/aromatic N) is 1. The molecule has 1 aromatic carbocycles. The molecule has 0 bridgehead atoms. The number of unbranched alkanes of at least 4 members (excludes halogenated alkanes) is 1. The van der Waals surface area contributed by atoms with E-state index < -0.39 is 18.5 Å². The van der Waals surface area contributed by atoms with E-state index in [-0.39, 0.29) is 28.4 Å². The van der Waals surface area contributed by atoms with E-state index >= 15 is 0 Å². The Balaban J connectivity index is 1.69. The average molecular weight is 406 g/mol. The lowest BCUT2D eigenvalue weighted by Crippen LogP contribution is -2.30. The van der Waals surface area contributed by atoms with Gasteiger partial charge in [-0.05, 0) is 36.8 Å². The van der Waals surface area contributed by atoms with Crippen LogP contribution in [0.2, 0.25) is 4.34 Å². The molecule has 6 nitrogen and oxygen atoms in total. The van der Waals surface area contributed by atoms with Crippen molar-refractivity contribution >= 4 is 46.5 Å². The second-order valence-corrected chi connectivity index (χ2v) is 7.69. The average Bonchev–Trinajstić information content (AvgIpc) is 3.20. The number of thiophene rings is 1. The van der Waals surface area contributed by atoms with Gasteiger partial charge in [-0.3, -0.25) is 19.3 Å². The van der Waals surface area contributed by atoms with Crippen molar-refractivity contribution in [2.75, 3.05) is 13.2 Å². The topological polar surface area (TPSA) is 80.8 Å². The normalized spacial score (nSPS) is 13.0. The van der Waals surface area contributed by atoms with Crippen molar-refractivity contribution in [2.45, 2.75) is 19.8 Å². The van der Waals surface area contributed by atoms with E-state index in [1.807, 2.05) is 6.92 Å². The van der Waals surface area contributed by atoms with Crippen molar-refractivity contribution in [3.05, 3.63) is 56.2 Å². The van der Waals surface area contributed by atoms with Crippen LogP contribution in [0.5, 0.6) is 0 Å². The van der Waals surface area contributed by atoms with Crippen LogP contribution in [-0.4, -0.2) is 41.6 Å². The number of carbonyl (C=O) groups is 4. The van der Waals surface area contributed by atoms with Crippen LogP contribution in [0.4, 0.5) is 0 Å². The van der Waals surface area contributed by atoms with Crippen LogP contribution in [0, 0.1) is 0 Å². The second-order valence-electron chi connectivity index (χ2n) is 5.98. The summed E-state index contributed by atoms with van der Waals surface area (Å²) in [4.78, 5) is 50.5. The Bertz CT molecular complexity index is 936. The van der Waals surface area contributed by atoms with Gasteiger partial charge in [0.1, 0.15) is 0 Å². The van der Waals surface area contributed by atoms with Gasteiger partial charge in [-0.2, -0.15) is 0 Å². The van der Waals surface area contributed by atoms with Crippen molar-refractivity contribution in [3.63, 3.8) is 0 Å². The molecule has 0 fully saturated rings. The summed E-state index contributed by atoms with van der Waals surface area (Å²) in [5, 5.41) is 0. The number of halogens is 1. The van der Waals surface area contributed by atoms with Crippen LogP contribution in [0.1, 0.15) is 60.5 Å². The highest BCUT2D eigenvalue weighted by molar-refractivity contribution is 7.18. The number of fused-ring (bicyclic) bond motifs is 1. The number of esters is 1. The fraction of sp³-hybridized carbons (Fsp3) is 0.263. The first-order valence-corrected chi connectivity index (χ1v) is 9.57. The molecule has 3 rings (SSSR count). The summed E-state index contributed by atoms with van der Waals surface area (Å²) in [6.07, 6.45) is 1.57. The van der Waals surface area contributed by atoms with E-state index in [4.69, 9.17) is 16.3 Å². The molecule has 2 aromatic rings. The predicted molar refractivity (Wildman–Crippen MR) is 101 cm³/mol. The van der Waals surface area contributed by atoms with Crippen molar-refractivity contribution in [3.8, 4) is 0 Å². The molecule has 0 atom stereocenters. The number of ketones is 1. The molecule has 1 aliphatic rings. The van der Waals surface area contributed by atoms with Crippen molar-refractivity contribution in [2.24, 2.45) is 0 Å². The first-order chi connectivity index (χ1) is 12.9. The van der Waals surface area contributed by atoms with E-state index in [0.717, 1.165) is 24.2 Å². The summed E-state index contributed by atoms with van der Waals surface area (Å²) in [5.41, 5.74) is 0.572. The van der Waals surface area contributed by atoms with Crippen molar-refractivity contribution in [1.82, 2.24) is 4.90 Å². The molecule has 0 aliphatic carbocycles. The van der Waals surface area contributed by atoms with E-state index in [9.17, 15) is 19.2 Å². The van der Waals surface area contributed by atoms with Crippen LogP contribution in [0.15, 0.2) is 30.3 Å². The van der Waals surface area contributed by atoms with Crippen LogP contribution in [-0.2, 0) is 4.74 Å². The maximum Gasteiger partial charge on any atom is 0.338 e. The number of benzene rings is 1. The molecule has 0 radical (unpaired) electrons. The third-order valence-corrected chi connectivity index (χ3v) is 5.40. The SMILES string of the molecule is CCCCN1C(=O)c2ccc(C(=O)OCC(=O)c3ccc(Cl)s3)cc2C1=O. The summed E-state index contributed by atoms with van der Waals surface area (Å²) in [6, 6.07) is 7.36. The highest BCUT2D eigenvalue weighted by Crippen LogP contribution is 2.25. The maximum atomic E-state index is 12.4. The molecule has 27 heavy (non-hydrogen) atoms. The van der Waals surface area contributed by atoms with Crippen LogP contribution in [0.3, 0.4) is 0 Å². The Morgan fingerprint density at radius 2 is 1.85 bits per heavy atom. The Morgan fingerprint density at radius 1 is 1.11 bits per heavy atom. The van der Waals surface area contributed by atoms with E-state index in [0.29, 0.717) is 15.8 Å². The van der Waals surface area contributed by atoms with Gasteiger partial charge in [0, 0.05) is 6.54 Å². The van der Waals surface area contributed by atoms with Gasteiger partial charge in [0.15, 0.2) is 6.61 Å². The summed E-state index contributed by atoms with van der Waals surface area (Å²) < 4.78 is 5.50. The van der Waals surface area contributed by atoms with Crippen molar-refractivity contribution < 1.29 is 23.9 Å². The monoisotopic (exact) mass is 405 g/mol. The third-order valence-electron chi connectivity index (χ3n) is 4.12. The largest absolute Gasteiger partial charge is 0.454 e. The summed E-state index contributed by atoms with van der Waals surface area (Å²) >= 11 is 6.88. The number of carbonyl (C=O) groups excluding carboxylic acids is 4. The van der Waals surface area contributed by atoms with Crippen molar-refractivity contribution in [1.29, 1.82) is 0 Å². The van der Waals surface area contributed by atoms with E-state index in [1.54, 1.807) is 12.1 Å². The molecule has 0 N–H and O–H groups in total. The highest BCUT2D eigenvalue weighted by atomic mass is 35.5. The molecule has 140 valence electrons. The molecule has 1 aromatic heterocycles. The summed E-state index contributed by atoms with van der Waals surface area (Å²) in [5.74, 6) is -1.87. The van der Waals surface area contributed by atoms with Gasteiger partial charge in [-0.25, -0.2) is 4.79 Å². The van der Waals surface area contributed by atoms with Gasteiger partial charge in [0.25, 0.3) is 11.8 Å². The molecule has 0 saturated heterocycles. The lowest BCUT2D eigenvalue weighted by atomic mass is 10.1.